The number of carbonyl (C=O) groups excluding carboxylic acids is 2. The standard InChI is InChI=1S/C22H20F2O5.C22H22O5/c1-12-11-16(26-2)20(27-3)21(28-4)17(12)19(25)18-14-8-6-5-7-13(14)9-10-15(18)29-22(23)24;1-13-12-17(25-3)21(26-4)22(27-5)18(13)20(23)19-15-9-7-6-8-14(15)10-11-16(19)24-2/h5-11,22H,1-4H3;6-12H,1-5H3. The first-order valence-electron chi connectivity index (χ1n) is 17.2. The average molecular weight is 769 g/mol. The van der Waals surface area contributed by atoms with Gasteiger partial charge in [-0.15, -0.1) is 0 Å². The topological polar surface area (TPSA) is 108 Å². The molecule has 0 saturated carbocycles. The molecule has 12 heteroatoms. The molecule has 0 amide bonds. The monoisotopic (exact) mass is 768 g/mol. The van der Waals surface area contributed by atoms with Crippen molar-refractivity contribution >= 4 is 33.1 Å². The SMILES string of the molecule is COc1cc(C)c(C(=O)c2c(OC(F)F)ccc3ccccc23)c(OC)c1OC.COc1cc(C)c(C(=O)c2c(OC)ccc3ccccc23)c(OC)c1OC. The molecule has 0 saturated heterocycles. The van der Waals surface area contributed by atoms with Gasteiger partial charge in [-0.3, -0.25) is 9.59 Å². The highest BCUT2D eigenvalue weighted by atomic mass is 19.3. The molecule has 292 valence electrons. The molecule has 0 aliphatic rings. The molecule has 0 aliphatic carbocycles. The summed E-state index contributed by atoms with van der Waals surface area (Å²) in [6.45, 7) is 0.474. The lowest BCUT2D eigenvalue weighted by Crippen LogP contribution is -2.12. The maximum atomic E-state index is 13.7. The van der Waals surface area contributed by atoms with Crippen molar-refractivity contribution in [3.8, 4) is 46.0 Å². The largest absolute Gasteiger partial charge is 0.496 e. The number of fused-ring (bicyclic) bond motifs is 2. The van der Waals surface area contributed by atoms with E-state index in [9.17, 15) is 18.4 Å². The summed E-state index contributed by atoms with van der Waals surface area (Å²) in [6.07, 6.45) is 0. The van der Waals surface area contributed by atoms with Crippen LogP contribution in [0.5, 0.6) is 46.0 Å². The number of ether oxygens (including phenoxy) is 8. The van der Waals surface area contributed by atoms with E-state index in [1.165, 1.54) is 41.6 Å². The number of ketones is 2. The Morgan fingerprint density at radius 1 is 0.446 bits per heavy atom. The second kappa shape index (κ2) is 17.7. The number of alkyl halides is 2. The van der Waals surface area contributed by atoms with Gasteiger partial charge in [0.15, 0.2) is 23.0 Å². The van der Waals surface area contributed by atoms with Crippen LogP contribution in [0.3, 0.4) is 0 Å². The maximum Gasteiger partial charge on any atom is 0.387 e. The molecule has 56 heavy (non-hydrogen) atoms. The molecule has 0 bridgehead atoms. The number of aryl methyl sites for hydroxylation is 2. The number of rotatable bonds is 13. The van der Waals surface area contributed by atoms with Crippen LogP contribution >= 0.6 is 0 Å². The molecular weight excluding hydrogens is 726 g/mol. The van der Waals surface area contributed by atoms with Crippen molar-refractivity contribution in [1.82, 2.24) is 0 Å². The summed E-state index contributed by atoms with van der Waals surface area (Å²) in [7, 11) is 10.4. The quantitative estimate of drug-likeness (QED) is 0.106. The van der Waals surface area contributed by atoms with Crippen LogP contribution in [0.4, 0.5) is 8.78 Å². The van der Waals surface area contributed by atoms with E-state index in [1.54, 1.807) is 69.7 Å². The van der Waals surface area contributed by atoms with E-state index < -0.39 is 12.4 Å². The smallest absolute Gasteiger partial charge is 0.387 e. The molecule has 0 spiro atoms. The van der Waals surface area contributed by atoms with Gasteiger partial charge in [-0.1, -0.05) is 60.7 Å². The van der Waals surface area contributed by atoms with Crippen molar-refractivity contribution in [2.75, 3.05) is 49.8 Å². The Hall–Kier alpha value is -6.56. The molecule has 0 aromatic heterocycles. The molecule has 10 nitrogen and oxygen atoms in total. The van der Waals surface area contributed by atoms with Gasteiger partial charge in [0.25, 0.3) is 0 Å². The third-order valence-corrected chi connectivity index (χ3v) is 9.18. The Bertz CT molecular complexity index is 2410. The van der Waals surface area contributed by atoms with E-state index in [2.05, 4.69) is 4.74 Å². The summed E-state index contributed by atoms with van der Waals surface area (Å²) in [5.74, 6) is 1.60. The van der Waals surface area contributed by atoms with E-state index in [0.717, 1.165) is 21.7 Å². The van der Waals surface area contributed by atoms with Gasteiger partial charge in [0.05, 0.1) is 72.0 Å². The Morgan fingerprint density at radius 2 is 0.821 bits per heavy atom. The first-order chi connectivity index (χ1) is 27.0. The molecule has 0 heterocycles. The van der Waals surface area contributed by atoms with E-state index in [1.807, 2.05) is 37.3 Å². The summed E-state index contributed by atoms with van der Waals surface area (Å²) in [5.41, 5.74) is 2.39. The molecule has 0 atom stereocenters. The summed E-state index contributed by atoms with van der Waals surface area (Å²) in [5, 5.41) is 2.98. The van der Waals surface area contributed by atoms with Crippen molar-refractivity contribution in [2.45, 2.75) is 20.5 Å². The third-order valence-electron chi connectivity index (χ3n) is 9.18. The minimum absolute atomic E-state index is 0.0250. The summed E-state index contributed by atoms with van der Waals surface area (Å²) in [6, 6.07) is 24.8. The fourth-order valence-corrected chi connectivity index (χ4v) is 6.71. The van der Waals surface area contributed by atoms with Crippen molar-refractivity contribution in [3.63, 3.8) is 0 Å². The fraction of sp³-hybridized carbons (Fsp3) is 0.227. The number of carbonyl (C=O) groups is 2. The van der Waals surface area contributed by atoms with Gasteiger partial charge in [-0.05, 0) is 70.8 Å². The Morgan fingerprint density at radius 3 is 1.20 bits per heavy atom. The second-order valence-electron chi connectivity index (χ2n) is 12.2. The summed E-state index contributed by atoms with van der Waals surface area (Å²) < 4.78 is 68.7. The lowest BCUT2D eigenvalue weighted by atomic mass is 9.92. The van der Waals surface area contributed by atoms with Crippen LogP contribution < -0.4 is 37.9 Å². The molecule has 0 N–H and O–H groups in total. The molecule has 6 rings (SSSR count). The number of benzene rings is 6. The molecule has 0 fully saturated rings. The first-order valence-corrected chi connectivity index (χ1v) is 17.2. The highest BCUT2D eigenvalue weighted by Crippen LogP contribution is 2.45. The molecule has 6 aromatic rings. The Kier molecular flexibility index (Phi) is 12.9. The lowest BCUT2D eigenvalue weighted by molar-refractivity contribution is -0.0500. The van der Waals surface area contributed by atoms with Crippen LogP contribution in [0.15, 0.2) is 84.9 Å². The van der Waals surface area contributed by atoms with Gasteiger partial charge in [0.2, 0.25) is 23.1 Å². The Balaban J connectivity index is 0.000000215. The van der Waals surface area contributed by atoms with Crippen molar-refractivity contribution in [1.29, 1.82) is 0 Å². The minimum Gasteiger partial charge on any atom is -0.496 e. The van der Waals surface area contributed by atoms with Gasteiger partial charge in [0, 0.05) is 0 Å². The highest BCUT2D eigenvalue weighted by Gasteiger charge is 2.30. The molecular formula is C44H42F2O10. The van der Waals surface area contributed by atoms with Crippen LogP contribution in [-0.4, -0.2) is 67.9 Å². The zero-order valence-electron chi connectivity index (χ0n) is 32.5. The fourth-order valence-electron chi connectivity index (χ4n) is 6.71. The Labute approximate surface area is 323 Å². The van der Waals surface area contributed by atoms with E-state index in [4.69, 9.17) is 33.2 Å². The summed E-state index contributed by atoms with van der Waals surface area (Å²) in [4.78, 5) is 27.3. The van der Waals surface area contributed by atoms with Gasteiger partial charge in [-0.2, -0.15) is 8.78 Å². The van der Waals surface area contributed by atoms with E-state index >= 15 is 0 Å². The molecule has 0 unspecified atom stereocenters. The van der Waals surface area contributed by atoms with Crippen molar-refractivity contribution in [2.24, 2.45) is 0 Å². The van der Waals surface area contributed by atoms with Crippen molar-refractivity contribution in [3.05, 3.63) is 118 Å². The van der Waals surface area contributed by atoms with Crippen LogP contribution in [0.25, 0.3) is 21.5 Å². The van der Waals surface area contributed by atoms with E-state index in [0.29, 0.717) is 50.8 Å². The normalized spacial score (nSPS) is 10.7. The van der Waals surface area contributed by atoms with Gasteiger partial charge in [0.1, 0.15) is 11.5 Å². The number of hydrogen-bond donors (Lipinski definition) is 0. The number of halogens is 2. The summed E-state index contributed by atoms with van der Waals surface area (Å²) >= 11 is 0. The molecule has 0 aliphatic heterocycles. The molecule has 0 radical (unpaired) electrons. The minimum atomic E-state index is -3.07. The highest BCUT2D eigenvalue weighted by molar-refractivity contribution is 6.21. The average Bonchev–Trinajstić information content (AvgIpc) is 3.21. The first kappa shape index (κ1) is 40.6. The van der Waals surface area contributed by atoms with Crippen LogP contribution in [0, 0.1) is 13.8 Å². The maximum absolute atomic E-state index is 13.7. The van der Waals surface area contributed by atoms with Crippen molar-refractivity contribution < 1.29 is 56.3 Å². The number of methoxy groups -OCH3 is 7. The number of hydrogen-bond acceptors (Lipinski definition) is 10. The third kappa shape index (κ3) is 7.68. The predicted molar refractivity (Wildman–Crippen MR) is 210 cm³/mol. The van der Waals surface area contributed by atoms with Gasteiger partial charge in [-0.25, -0.2) is 0 Å². The van der Waals surface area contributed by atoms with Gasteiger partial charge >= 0.3 is 6.61 Å². The van der Waals surface area contributed by atoms with Crippen LogP contribution in [0.1, 0.15) is 43.0 Å². The zero-order chi connectivity index (χ0) is 40.7. The predicted octanol–water partition coefficient (Wildman–Crippen LogP) is 9.42. The van der Waals surface area contributed by atoms with Crippen LogP contribution in [-0.2, 0) is 0 Å². The lowest BCUT2D eigenvalue weighted by Gasteiger charge is -2.19. The van der Waals surface area contributed by atoms with Gasteiger partial charge < -0.3 is 37.9 Å². The molecule has 6 aromatic carbocycles. The second-order valence-corrected chi connectivity index (χ2v) is 12.2. The van der Waals surface area contributed by atoms with E-state index in [-0.39, 0.29) is 34.2 Å². The zero-order valence-corrected chi connectivity index (χ0v) is 32.5. The van der Waals surface area contributed by atoms with Crippen LogP contribution in [0.2, 0.25) is 0 Å².